The normalized spacial score (nSPS) is 14.4. The van der Waals surface area contributed by atoms with Gasteiger partial charge < -0.3 is 19.4 Å². The van der Waals surface area contributed by atoms with Crippen LogP contribution < -0.4 is 20.7 Å². The van der Waals surface area contributed by atoms with Gasteiger partial charge in [0.2, 0.25) is 5.91 Å². The summed E-state index contributed by atoms with van der Waals surface area (Å²) in [6.45, 7) is 4.07. The lowest BCUT2D eigenvalue weighted by molar-refractivity contribution is -0.133. The first kappa shape index (κ1) is 23.6. The molecule has 180 valence electrons. The molecule has 1 N–H and O–H groups in total. The number of piperazine rings is 1. The Morgan fingerprint density at radius 1 is 0.971 bits per heavy atom. The van der Waals surface area contributed by atoms with Gasteiger partial charge in [0.15, 0.2) is 11.5 Å². The Hall–Kier alpha value is -3.59. The molecule has 1 amide bonds. The lowest BCUT2D eigenvalue weighted by Crippen LogP contribution is -2.48. The number of H-pyrrole nitrogens is 1. The molecule has 1 aliphatic rings. The average molecular weight is 467 g/mol. The molecule has 0 spiro atoms. The Morgan fingerprint density at radius 2 is 1.65 bits per heavy atom. The number of rotatable bonds is 8. The lowest BCUT2D eigenvalue weighted by Gasteiger charge is -2.34. The highest BCUT2D eigenvalue weighted by molar-refractivity contribution is 5.81. The van der Waals surface area contributed by atoms with E-state index in [0.29, 0.717) is 41.9 Å². The fraction of sp³-hybridized carbons (Fsp3) is 0.400. The van der Waals surface area contributed by atoms with Gasteiger partial charge in [-0.1, -0.05) is 30.3 Å². The van der Waals surface area contributed by atoms with E-state index in [-0.39, 0.29) is 18.9 Å². The van der Waals surface area contributed by atoms with Crippen LogP contribution in [-0.2, 0) is 17.9 Å². The van der Waals surface area contributed by atoms with E-state index in [2.05, 4.69) is 22.0 Å². The van der Waals surface area contributed by atoms with Crippen molar-refractivity contribution in [2.45, 2.75) is 25.9 Å². The third kappa shape index (κ3) is 5.14. The number of carbonyl (C=O) groups is 1. The molecule has 0 unspecified atom stereocenters. The molecule has 0 aliphatic carbocycles. The SMILES string of the molecule is COc1cc2[nH]c(=O)n(CCCC(=O)N3CCN(Cc4ccccc4)CC3)c(=O)c2cc1OC. The molecule has 0 atom stereocenters. The van der Waals surface area contributed by atoms with Crippen LogP contribution in [0.15, 0.2) is 52.1 Å². The predicted octanol–water partition coefficient (Wildman–Crippen LogP) is 1.83. The maximum atomic E-state index is 12.9. The number of benzene rings is 2. The van der Waals surface area contributed by atoms with Crippen molar-refractivity contribution in [3.05, 3.63) is 68.9 Å². The Bertz CT molecular complexity index is 1260. The van der Waals surface area contributed by atoms with E-state index in [1.807, 2.05) is 23.1 Å². The molecule has 1 aromatic heterocycles. The number of ether oxygens (including phenoxy) is 2. The Labute approximate surface area is 197 Å². The molecule has 9 heteroatoms. The van der Waals surface area contributed by atoms with E-state index in [0.717, 1.165) is 24.2 Å². The third-order valence-corrected chi connectivity index (χ3v) is 6.23. The number of hydrogen-bond acceptors (Lipinski definition) is 6. The van der Waals surface area contributed by atoms with E-state index in [9.17, 15) is 14.4 Å². The number of nitrogens with one attached hydrogen (secondary N) is 1. The monoisotopic (exact) mass is 466 g/mol. The van der Waals surface area contributed by atoms with Gasteiger partial charge in [0, 0.05) is 51.8 Å². The third-order valence-electron chi connectivity index (χ3n) is 6.23. The van der Waals surface area contributed by atoms with Gasteiger partial charge >= 0.3 is 5.69 Å². The molecule has 0 bridgehead atoms. The van der Waals surface area contributed by atoms with Gasteiger partial charge in [0.25, 0.3) is 5.56 Å². The number of hydrogen-bond donors (Lipinski definition) is 1. The molecule has 2 heterocycles. The van der Waals surface area contributed by atoms with Crippen molar-refractivity contribution >= 4 is 16.8 Å². The summed E-state index contributed by atoms with van der Waals surface area (Å²) in [5.41, 5.74) is 0.728. The van der Waals surface area contributed by atoms with Crippen molar-refractivity contribution in [3.63, 3.8) is 0 Å². The summed E-state index contributed by atoms with van der Waals surface area (Å²) < 4.78 is 11.6. The average Bonchev–Trinajstić information content (AvgIpc) is 2.86. The zero-order chi connectivity index (χ0) is 24.1. The summed E-state index contributed by atoms with van der Waals surface area (Å²) in [5, 5.41) is 0.332. The molecule has 1 fully saturated rings. The largest absolute Gasteiger partial charge is 0.493 e. The highest BCUT2D eigenvalue weighted by atomic mass is 16.5. The first-order valence-electron chi connectivity index (χ1n) is 11.4. The second kappa shape index (κ2) is 10.6. The molecule has 1 aliphatic heterocycles. The van der Waals surface area contributed by atoms with Gasteiger partial charge in [-0.05, 0) is 18.1 Å². The second-order valence-electron chi connectivity index (χ2n) is 8.39. The van der Waals surface area contributed by atoms with Gasteiger partial charge in [-0.15, -0.1) is 0 Å². The molecule has 9 nitrogen and oxygen atoms in total. The summed E-state index contributed by atoms with van der Waals surface area (Å²) in [4.78, 5) is 45.1. The van der Waals surface area contributed by atoms with E-state index in [1.165, 1.54) is 19.8 Å². The van der Waals surface area contributed by atoms with E-state index < -0.39 is 11.2 Å². The molecule has 1 saturated heterocycles. The molecule has 0 radical (unpaired) electrons. The highest BCUT2D eigenvalue weighted by Crippen LogP contribution is 2.29. The zero-order valence-electron chi connectivity index (χ0n) is 19.6. The van der Waals surface area contributed by atoms with Crippen LogP contribution in [0.2, 0.25) is 0 Å². The number of fused-ring (bicyclic) bond motifs is 1. The lowest BCUT2D eigenvalue weighted by atomic mass is 10.2. The van der Waals surface area contributed by atoms with Crippen molar-refractivity contribution in [1.82, 2.24) is 19.4 Å². The molecule has 0 saturated carbocycles. The summed E-state index contributed by atoms with van der Waals surface area (Å²) >= 11 is 0. The van der Waals surface area contributed by atoms with Gasteiger partial charge in [-0.3, -0.25) is 19.1 Å². The predicted molar refractivity (Wildman–Crippen MR) is 129 cm³/mol. The summed E-state index contributed by atoms with van der Waals surface area (Å²) in [6, 6.07) is 13.4. The maximum Gasteiger partial charge on any atom is 0.328 e. The molecule has 4 rings (SSSR count). The smallest absolute Gasteiger partial charge is 0.328 e. The fourth-order valence-electron chi connectivity index (χ4n) is 4.33. The quantitative estimate of drug-likeness (QED) is 0.544. The summed E-state index contributed by atoms with van der Waals surface area (Å²) in [5.74, 6) is 0.889. The number of nitrogens with zero attached hydrogens (tertiary/aromatic N) is 3. The van der Waals surface area contributed by atoms with Crippen molar-refractivity contribution < 1.29 is 14.3 Å². The molecule has 34 heavy (non-hydrogen) atoms. The van der Waals surface area contributed by atoms with Crippen molar-refractivity contribution in [1.29, 1.82) is 0 Å². The Morgan fingerprint density at radius 3 is 2.32 bits per heavy atom. The topological polar surface area (TPSA) is 96.9 Å². The van der Waals surface area contributed by atoms with Gasteiger partial charge in [-0.25, -0.2) is 4.79 Å². The van der Waals surface area contributed by atoms with Crippen LogP contribution in [0.25, 0.3) is 10.9 Å². The maximum absolute atomic E-state index is 12.9. The van der Waals surface area contributed by atoms with Crippen molar-refractivity contribution in [2.75, 3.05) is 40.4 Å². The van der Waals surface area contributed by atoms with Crippen LogP contribution in [0.1, 0.15) is 18.4 Å². The summed E-state index contributed by atoms with van der Waals surface area (Å²) in [7, 11) is 2.98. The van der Waals surface area contributed by atoms with Crippen LogP contribution in [0.5, 0.6) is 11.5 Å². The number of aromatic nitrogens is 2. The van der Waals surface area contributed by atoms with Crippen molar-refractivity contribution in [2.24, 2.45) is 0 Å². The fourth-order valence-corrected chi connectivity index (χ4v) is 4.33. The molecule has 3 aromatic rings. The standard InChI is InChI=1S/C25H30N4O5/c1-33-21-15-19-20(16-22(21)34-2)26-25(32)29(24(19)31)10-6-9-23(30)28-13-11-27(12-14-28)17-18-7-4-3-5-8-18/h3-5,7-8,15-16H,6,9-14,17H2,1-2H3,(H,26,32). The molecule has 2 aromatic carbocycles. The van der Waals surface area contributed by atoms with Crippen LogP contribution in [0.4, 0.5) is 0 Å². The first-order chi connectivity index (χ1) is 16.5. The van der Waals surface area contributed by atoms with E-state index in [4.69, 9.17) is 9.47 Å². The van der Waals surface area contributed by atoms with Gasteiger partial charge in [0.05, 0.1) is 25.1 Å². The van der Waals surface area contributed by atoms with Crippen LogP contribution >= 0.6 is 0 Å². The van der Waals surface area contributed by atoms with Crippen LogP contribution in [0, 0.1) is 0 Å². The minimum atomic E-state index is -0.508. The second-order valence-corrected chi connectivity index (χ2v) is 8.39. The number of amides is 1. The minimum Gasteiger partial charge on any atom is -0.493 e. The van der Waals surface area contributed by atoms with Gasteiger partial charge in [0.1, 0.15) is 0 Å². The minimum absolute atomic E-state index is 0.0519. The Kier molecular flexibility index (Phi) is 7.32. The zero-order valence-corrected chi connectivity index (χ0v) is 19.6. The van der Waals surface area contributed by atoms with E-state index in [1.54, 1.807) is 12.1 Å². The number of methoxy groups -OCH3 is 2. The Balaban J connectivity index is 1.34. The van der Waals surface area contributed by atoms with Crippen LogP contribution in [0.3, 0.4) is 0 Å². The molecular formula is C25H30N4O5. The number of aromatic amines is 1. The number of carbonyl (C=O) groups excluding carboxylic acids is 1. The first-order valence-corrected chi connectivity index (χ1v) is 11.4. The highest BCUT2D eigenvalue weighted by Gasteiger charge is 2.21. The van der Waals surface area contributed by atoms with Crippen LogP contribution in [-0.4, -0.2) is 65.7 Å². The molecular weight excluding hydrogens is 436 g/mol. The summed E-state index contributed by atoms with van der Waals surface area (Å²) in [6.07, 6.45) is 0.694. The van der Waals surface area contributed by atoms with Gasteiger partial charge in [-0.2, -0.15) is 0 Å². The van der Waals surface area contributed by atoms with Crippen molar-refractivity contribution in [3.8, 4) is 11.5 Å². The van der Waals surface area contributed by atoms with E-state index >= 15 is 0 Å².